The Labute approximate surface area is 187 Å². The number of carbonyl (C=O) groups is 2. The van der Waals surface area contributed by atoms with Crippen LogP contribution in [0, 0.1) is 18.3 Å². The second-order valence-electron chi connectivity index (χ2n) is 7.24. The number of fused-ring (bicyclic) bond motifs is 2. The summed E-state index contributed by atoms with van der Waals surface area (Å²) in [5.41, 5.74) is 5.97. The van der Waals surface area contributed by atoms with Gasteiger partial charge in [0.15, 0.2) is 0 Å². The van der Waals surface area contributed by atoms with Gasteiger partial charge in [-0.25, -0.2) is 10.4 Å². The monoisotopic (exact) mass is 451 g/mol. The zero-order valence-electron chi connectivity index (χ0n) is 16.7. The van der Waals surface area contributed by atoms with Crippen LogP contribution in [0.3, 0.4) is 0 Å². The Morgan fingerprint density at radius 1 is 1.26 bits per heavy atom. The van der Waals surface area contributed by atoms with E-state index >= 15 is 0 Å². The number of benzene rings is 1. The van der Waals surface area contributed by atoms with E-state index in [1.165, 1.54) is 17.6 Å². The molecular weight excluding hydrogens is 434 g/mol. The molecule has 1 aliphatic rings. The number of aryl methyl sites for hydroxylation is 2. The molecule has 0 spiro atoms. The van der Waals surface area contributed by atoms with Crippen molar-refractivity contribution in [2.45, 2.75) is 32.6 Å². The minimum Gasteiger partial charge on any atom is -0.308 e. The molecule has 3 aromatic rings. The highest BCUT2D eigenvalue weighted by molar-refractivity contribution is 7.16. The fraction of sp³-hybridized carbons (Fsp3) is 0.227. The number of anilines is 1. The number of aromatic nitrogens is 1. The zero-order chi connectivity index (χ0) is 22.0. The maximum absolute atomic E-state index is 12.3. The van der Waals surface area contributed by atoms with E-state index in [2.05, 4.69) is 26.9 Å². The quantitative estimate of drug-likeness (QED) is 0.270. The molecule has 0 atom stereocenters. The molecule has 31 heavy (non-hydrogen) atoms. The van der Waals surface area contributed by atoms with Crippen LogP contribution < -0.4 is 10.7 Å². The Bertz CT molecular complexity index is 1280. The molecule has 0 saturated heterocycles. The third-order valence-electron chi connectivity index (χ3n) is 5.04. The van der Waals surface area contributed by atoms with Crippen molar-refractivity contribution in [2.24, 2.45) is 5.10 Å². The fourth-order valence-corrected chi connectivity index (χ4v) is 4.93. The number of nitrogens with zero attached hydrogens (tertiary/aromatic N) is 3. The van der Waals surface area contributed by atoms with Gasteiger partial charge in [-0.15, -0.1) is 11.3 Å². The third kappa shape index (κ3) is 4.43. The summed E-state index contributed by atoms with van der Waals surface area (Å²) in [7, 11) is 0. The van der Waals surface area contributed by atoms with Gasteiger partial charge in [0.1, 0.15) is 16.2 Å². The normalized spacial score (nSPS) is 13.1. The minimum atomic E-state index is -0.938. The number of amides is 2. The van der Waals surface area contributed by atoms with Crippen molar-refractivity contribution in [3.8, 4) is 6.07 Å². The number of nitriles is 1. The van der Waals surface area contributed by atoms with E-state index in [4.69, 9.17) is 11.6 Å². The lowest BCUT2D eigenvalue weighted by Gasteiger charge is -2.09. The van der Waals surface area contributed by atoms with Crippen LogP contribution in [0.25, 0.3) is 10.9 Å². The summed E-state index contributed by atoms with van der Waals surface area (Å²) in [6, 6.07) is 9.76. The molecule has 1 aliphatic carbocycles. The maximum atomic E-state index is 12.3. The SMILES string of the molecule is Cc1ccc2cc(/C=N\NC(=O)C(=O)Nc3sc4c(c3C#N)CCCC4)c(Cl)nc2c1. The first-order chi connectivity index (χ1) is 15.0. The first kappa shape index (κ1) is 21.0. The van der Waals surface area contributed by atoms with E-state index in [9.17, 15) is 14.9 Å². The standard InChI is InChI=1S/C22H18ClN5O2S/c1-12-6-7-13-9-14(19(23)26-17(13)8-12)11-25-28-21(30)20(29)27-22-16(10-24)15-4-2-3-5-18(15)31-22/h6-9,11H,2-5H2,1H3,(H,27,29)(H,28,30)/b25-11-. The van der Waals surface area contributed by atoms with Crippen LogP contribution in [0.15, 0.2) is 29.4 Å². The average molecular weight is 452 g/mol. The van der Waals surface area contributed by atoms with Gasteiger partial charge < -0.3 is 5.32 Å². The Hall–Kier alpha value is -3.28. The minimum absolute atomic E-state index is 0.239. The average Bonchev–Trinajstić information content (AvgIpc) is 3.10. The van der Waals surface area contributed by atoms with E-state index in [1.807, 2.05) is 25.1 Å². The zero-order valence-corrected chi connectivity index (χ0v) is 18.2. The summed E-state index contributed by atoms with van der Waals surface area (Å²) in [5.74, 6) is -1.82. The van der Waals surface area contributed by atoms with Crippen molar-refractivity contribution in [2.75, 3.05) is 5.32 Å². The van der Waals surface area contributed by atoms with E-state index in [1.54, 1.807) is 6.07 Å². The molecule has 2 amide bonds. The second-order valence-corrected chi connectivity index (χ2v) is 8.71. The molecule has 0 radical (unpaired) electrons. The molecule has 0 fully saturated rings. The molecule has 7 nitrogen and oxygen atoms in total. The Morgan fingerprint density at radius 2 is 2.06 bits per heavy atom. The van der Waals surface area contributed by atoms with Crippen molar-refractivity contribution in [1.82, 2.24) is 10.4 Å². The predicted molar refractivity (Wildman–Crippen MR) is 122 cm³/mol. The van der Waals surface area contributed by atoms with Crippen LogP contribution in [0.2, 0.25) is 5.15 Å². The van der Waals surface area contributed by atoms with Crippen LogP contribution >= 0.6 is 22.9 Å². The van der Waals surface area contributed by atoms with Gasteiger partial charge in [0.25, 0.3) is 0 Å². The number of thiophene rings is 1. The molecule has 0 aliphatic heterocycles. The van der Waals surface area contributed by atoms with Gasteiger partial charge in [0, 0.05) is 15.8 Å². The van der Waals surface area contributed by atoms with Crippen molar-refractivity contribution in [1.29, 1.82) is 5.26 Å². The summed E-state index contributed by atoms with van der Waals surface area (Å²) < 4.78 is 0. The fourth-order valence-electron chi connectivity index (χ4n) is 3.50. The molecule has 156 valence electrons. The predicted octanol–water partition coefficient (Wildman–Crippen LogP) is 4.10. The first-order valence-corrected chi connectivity index (χ1v) is 10.9. The summed E-state index contributed by atoms with van der Waals surface area (Å²) in [4.78, 5) is 29.9. The number of pyridine rings is 1. The van der Waals surface area contributed by atoms with Gasteiger partial charge in [0.05, 0.1) is 17.3 Å². The number of halogens is 1. The number of rotatable bonds is 3. The van der Waals surface area contributed by atoms with Gasteiger partial charge in [-0.2, -0.15) is 10.4 Å². The summed E-state index contributed by atoms with van der Waals surface area (Å²) in [5, 5.41) is 17.4. The highest BCUT2D eigenvalue weighted by Crippen LogP contribution is 2.37. The summed E-state index contributed by atoms with van der Waals surface area (Å²) >= 11 is 7.56. The molecule has 1 aromatic carbocycles. The lowest BCUT2D eigenvalue weighted by molar-refractivity contribution is -0.136. The van der Waals surface area contributed by atoms with E-state index in [-0.39, 0.29) is 5.15 Å². The highest BCUT2D eigenvalue weighted by Gasteiger charge is 2.23. The smallest absolute Gasteiger partial charge is 0.308 e. The topological polar surface area (TPSA) is 107 Å². The molecule has 0 saturated carbocycles. The van der Waals surface area contributed by atoms with Gasteiger partial charge in [-0.3, -0.25) is 9.59 Å². The molecule has 9 heteroatoms. The van der Waals surface area contributed by atoms with E-state index < -0.39 is 11.8 Å². The summed E-state index contributed by atoms with van der Waals surface area (Å²) in [6.45, 7) is 1.97. The Morgan fingerprint density at radius 3 is 2.87 bits per heavy atom. The van der Waals surface area contributed by atoms with Crippen LogP contribution in [0.5, 0.6) is 0 Å². The van der Waals surface area contributed by atoms with Crippen LogP contribution in [-0.2, 0) is 22.4 Å². The maximum Gasteiger partial charge on any atom is 0.329 e. The Kier molecular flexibility index (Phi) is 5.98. The molecule has 0 unspecified atom stereocenters. The van der Waals surface area contributed by atoms with Gasteiger partial charge in [-0.1, -0.05) is 23.7 Å². The van der Waals surface area contributed by atoms with Crippen molar-refractivity contribution in [3.63, 3.8) is 0 Å². The van der Waals surface area contributed by atoms with Gasteiger partial charge in [0.2, 0.25) is 0 Å². The Balaban J connectivity index is 1.44. The number of nitrogens with one attached hydrogen (secondary N) is 2. The van der Waals surface area contributed by atoms with E-state index in [0.29, 0.717) is 16.1 Å². The van der Waals surface area contributed by atoms with Crippen molar-refractivity contribution >= 4 is 56.9 Å². The molecular formula is C22H18ClN5O2S. The number of hydrogen-bond donors (Lipinski definition) is 2. The second kappa shape index (κ2) is 8.84. The molecule has 2 aromatic heterocycles. The van der Waals surface area contributed by atoms with Crippen LogP contribution in [-0.4, -0.2) is 23.0 Å². The molecule has 0 bridgehead atoms. The number of carbonyl (C=O) groups excluding carboxylic acids is 2. The largest absolute Gasteiger partial charge is 0.329 e. The third-order valence-corrected chi connectivity index (χ3v) is 6.55. The van der Waals surface area contributed by atoms with Gasteiger partial charge >= 0.3 is 11.8 Å². The molecule has 4 rings (SSSR count). The molecule has 2 heterocycles. The van der Waals surface area contributed by atoms with Crippen LogP contribution in [0.4, 0.5) is 5.00 Å². The van der Waals surface area contributed by atoms with Crippen LogP contribution in [0.1, 0.15) is 40.0 Å². The lowest BCUT2D eigenvalue weighted by Crippen LogP contribution is -2.32. The number of hydrogen-bond acceptors (Lipinski definition) is 6. The summed E-state index contributed by atoms with van der Waals surface area (Å²) in [6.07, 6.45) is 5.13. The first-order valence-electron chi connectivity index (χ1n) is 9.72. The van der Waals surface area contributed by atoms with Crippen molar-refractivity contribution in [3.05, 3.63) is 56.5 Å². The van der Waals surface area contributed by atoms with E-state index in [0.717, 1.165) is 52.6 Å². The molecule has 2 N–H and O–H groups in total. The van der Waals surface area contributed by atoms with Crippen molar-refractivity contribution < 1.29 is 9.59 Å². The highest BCUT2D eigenvalue weighted by atomic mass is 35.5. The van der Waals surface area contributed by atoms with Gasteiger partial charge in [-0.05, 0) is 55.9 Å². The number of hydrazone groups is 1. The lowest BCUT2D eigenvalue weighted by atomic mass is 9.96.